The Balaban J connectivity index is 1.82. The molecule has 2 unspecified atom stereocenters. The molecule has 4 rings (SSSR count). The number of nitrogens with one attached hydrogen (secondary N) is 5. The van der Waals surface area contributed by atoms with Crippen molar-refractivity contribution in [1.82, 2.24) is 31.5 Å². The Kier molecular flexibility index (Phi) is 17.2. The number of carbonyl (C=O) groups is 7. The van der Waals surface area contributed by atoms with E-state index in [1.165, 1.54) is 21.1 Å². The summed E-state index contributed by atoms with van der Waals surface area (Å²) in [5.41, 5.74) is 7.42. The van der Waals surface area contributed by atoms with Gasteiger partial charge in [-0.1, -0.05) is 18.2 Å². The second-order valence-corrected chi connectivity index (χ2v) is 17.3. The normalized spacial score (nSPS) is 16.3. The lowest BCUT2D eigenvalue weighted by atomic mass is 9.93. The molecule has 1 aliphatic heterocycles. The number of benzene rings is 3. The molecule has 19 heteroatoms. The van der Waals surface area contributed by atoms with Crippen molar-refractivity contribution >= 4 is 47.5 Å². The molecular weight excluding hydrogens is 843 g/mol. The average Bonchev–Trinajstić information content (AvgIpc) is 3.21. The van der Waals surface area contributed by atoms with Crippen LogP contribution >= 0.6 is 0 Å². The van der Waals surface area contributed by atoms with Crippen molar-refractivity contribution in [3.63, 3.8) is 0 Å². The maximum absolute atomic E-state index is 14.4. The molecule has 0 aliphatic carbocycles. The Hall–Kier alpha value is -7.05. The monoisotopic (exact) mass is 903 g/mol. The van der Waals surface area contributed by atoms with Gasteiger partial charge >= 0.3 is 18.2 Å². The van der Waals surface area contributed by atoms with E-state index in [1.54, 1.807) is 96.1 Å². The number of amides is 6. The van der Waals surface area contributed by atoms with Crippen molar-refractivity contribution in [2.24, 2.45) is 0 Å². The van der Waals surface area contributed by atoms with E-state index in [9.17, 15) is 33.6 Å². The van der Waals surface area contributed by atoms with Crippen molar-refractivity contribution in [2.75, 3.05) is 52.7 Å². The maximum atomic E-state index is 14.4. The summed E-state index contributed by atoms with van der Waals surface area (Å²) in [6, 6.07) is 10.9. The molecule has 4 bridgehead atoms. The standard InChI is InChI=1S/C46H61N7O12/c1-26-11-14-30(33(47)21-26)40(56)50-25-37(54)53(9)38-29-13-16-36(63-20-18-49-44(60)65-46(6,7)8)32(24-29)31-22-28(12-15-35(31)62-19-17-48-43(59)64-45(3,4)5)23-34(42(58)61-10)52-39(55)27(2)51-41(38)57/h11-16,21-22,24,27,34,38H,17-20,23,25,47H2,1-10H3,(H,48,59)(H,49,60)(H,50,56)(H,51,57)(H,52,55)/t27-,34?,38?/m0/s1. The molecule has 0 fully saturated rings. The van der Waals surface area contributed by atoms with Crippen LogP contribution in [0.4, 0.5) is 15.3 Å². The van der Waals surface area contributed by atoms with Crippen LogP contribution in [0.5, 0.6) is 11.5 Å². The summed E-state index contributed by atoms with van der Waals surface area (Å²) in [6.45, 7) is 13.2. The summed E-state index contributed by atoms with van der Waals surface area (Å²) < 4.78 is 28.2. The van der Waals surface area contributed by atoms with Crippen molar-refractivity contribution in [2.45, 2.75) is 91.1 Å². The number of fused-ring (bicyclic) bond motifs is 5. The number of nitrogens with zero attached hydrogens (tertiary/aromatic N) is 1. The van der Waals surface area contributed by atoms with Gasteiger partial charge in [-0.05, 0) is 108 Å². The topological polar surface area (TPSA) is 255 Å². The summed E-state index contributed by atoms with van der Waals surface area (Å²) in [5.74, 6) is -2.96. The van der Waals surface area contributed by atoms with Crippen LogP contribution in [0.2, 0.25) is 0 Å². The van der Waals surface area contributed by atoms with Crippen LogP contribution in [0, 0.1) is 6.92 Å². The van der Waals surface area contributed by atoms with Gasteiger partial charge in [0.15, 0.2) is 0 Å². The minimum absolute atomic E-state index is 0.0256. The molecule has 0 saturated carbocycles. The molecule has 0 radical (unpaired) electrons. The molecule has 3 aromatic rings. The van der Waals surface area contributed by atoms with Crippen LogP contribution < -0.4 is 41.8 Å². The molecule has 19 nitrogen and oxygen atoms in total. The number of likely N-dealkylation sites (N-methyl/N-ethyl adjacent to an activating group) is 1. The smallest absolute Gasteiger partial charge is 0.407 e. The summed E-state index contributed by atoms with van der Waals surface area (Å²) in [4.78, 5) is 94.0. The number of hydrogen-bond acceptors (Lipinski definition) is 13. The van der Waals surface area contributed by atoms with Gasteiger partial charge in [0.05, 0.1) is 32.3 Å². The number of nitrogens with two attached hydrogens (primary N) is 1. The van der Waals surface area contributed by atoms with E-state index in [1.807, 2.05) is 6.92 Å². The van der Waals surface area contributed by atoms with Crippen LogP contribution in [-0.4, -0.2) is 117 Å². The van der Waals surface area contributed by atoms with Gasteiger partial charge in [0.1, 0.15) is 54.0 Å². The molecule has 0 aromatic heterocycles. The third-order valence-corrected chi connectivity index (χ3v) is 9.58. The third kappa shape index (κ3) is 15.0. The zero-order chi connectivity index (χ0) is 48.2. The number of alkyl carbamates (subject to hydrolysis) is 2. The maximum Gasteiger partial charge on any atom is 0.407 e. The van der Waals surface area contributed by atoms with Crippen LogP contribution in [0.25, 0.3) is 11.1 Å². The second kappa shape index (κ2) is 22.0. The highest BCUT2D eigenvalue weighted by atomic mass is 16.6. The zero-order valence-electron chi connectivity index (χ0n) is 38.6. The first-order valence-corrected chi connectivity index (χ1v) is 21.0. The average molecular weight is 904 g/mol. The quantitative estimate of drug-likeness (QED) is 0.0620. The molecule has 1 aliphatic rings. The minimum Gasteiger partial charge on any atom is -0.491 e. The molecule has 1 heterocycles. The Morgan fingerprint density at radius 3 is 1.89 bits per heavy atom. The highest BCUT2D eigenvalue weighted by Crippen LogP contribution is 2.40. The molecule has 7 N–H and O–H groups in total. The first kappa shape index (κ1) is 50.6. The predicted octanol–water partition coefficient (Wildman–Crippen LogP) is 3.70. The lowest BCUT2D eigenvalue weighted by molar-refractivity contribution is -0.145. The fourth-order valence-corrected chi connectivity index (χ4v) is 6.54. The fraction of sp³-hybridized carbons (Fsp3) is 0.457. The van der Waals surface area contributed by atoms with E-state index in [4.69, 9.17) is 29.4 Å². The SMILES string of the molecule is COC(=O)C1Cc2ccc(OCCNC(=O)OC(C)(C)C)c(c2)-c2cc(ccc2OCCNC(=O)OC(C)(C)C)C(N(C)C(=O)CNC(=O)c2ccc(C)cc2N)C(=O)N[C@@H](C)C(=O)N1. The van der Waals surface area contributed by atoms with Gasteiger partial charge in [-0.3, -0.25) is 19.2 Å². The Labute approximate surface area is 378 Å². The summed E-state index contributed by atoms with van der Waals surface area (Å²) in [6.07, 6.45) is -1.33. The van der Waals surface area contributed by atoms with Gasteiger partial charge in [0.2, 0.25) is 17.7 Å². The Bertz CT molecular complexity index is 2250. The molecule has 0 spiro atoms. The van der Waals surface area contributed by atoms with E-state index in [-0.39, 0.29) is 61.0 Å². The van der Waals surface area contributed by atoms with Gasteiger partial charge in [-0.25, -0.2) is 14.4 Å². The first-order chi connectivity index (χ1) is 30.5. The molecule has 65 heavy (non-hydrogen) atoms. The summed E-state index contributed by atoms with van der Waals surface area (Å²) in [5, 5.41) is 13.2. The van der Waals surface area contributed by atoms with E-state index in [0.717, 1.165) is 10.5 Å². The molecule has 0 saturated heterocycles. The Morgan fingerprint density at radius 2 is 1.34 bits per heavy atom. The fourth-order valence-electron chi connectivity index (χ4n) is 6.54. The third-order valence-electron chi connectivity index (χ3n) is 9.58. The van der Waals surface area contributed by atoms with Crippen molar-refractivity contribution in [3.8, 4) is 22.6 Å². The molecule has 6 amide bonds. The lowest BCUT2D eigenvalue weighted by Gasteiger charge is -2.30. The highest BCUT2D eigenvalue weighted by Gasteiger charge is 2.34. The number of rotatable bonds is 13. The first-order valence-electron chi connectivity index (χ1n) is 21.0. The van der Waals surface area contributed by atoms with Gasteiger partial charge in [0.25, 0.3) is 5.91 Å². The number of ether oxygens (including phenoxy) is 5. The van der Waals surface area contributed by atoms with Crippen molar-refractivity contribution in [1.29, 1.82) is 0 Å². The van der Waals surface area contributed by atoms with Crippen molar-refractivity contribution in [3.05, 3.63) is 76.9 Å². The number of carbonyl (C=O) groups excluding carboxylic acids is 7. The number of nitrogen functional groups attached to an aromatic ring is 1. The van der Waals surface area contributed by atoms with E-state index in [2.05, 4.69) is 26.6 Å². The lowest BCUT2D eigenvalue weighted by Crippen LogP contribution is -2.53. The van der Waals surface area contributed by atoms with Crippen LogP contribution in [-0.2, 0) is 39.8 Å². The van der Waals surface area contributed by atoms with Gasteiger partial charge in [0, 0.05) is 30.3 Å². The molecular formula is C46H61N7O12. The summed E-state index contributed by atoms with van der Waals surface area (Å²) in [7, 11) is 2.56. The number of methoxy groups -OCH3 is 1. The highest BCUT2D eigenvalue weighted by molar-refractivity contribution is 6.01. The minimum atomic E-state index is -1.41. The van der Waals surface area contributed by atoms with E-state index >= 15 is 0 Å². The predicted molar refractivity (Wildman–Crippen MR) is 240 cm³/mol. The van der Waals surface area contributed by atoms with Gasteiger partial charge in [-0.15, -0.1) is 0 Å². The van der Waals surface area contributed by atoms with Gasteiger partial charge < -0.3 is 60.9 Å². The van der Waals surface area contributed by atoms with Crippen LogP contribution in [0.1, 0.15) is 81.6 Å². The largest absolute Gasteiger partial charge is 0.491 e. The molecule has 3 atom stereocenters. The number of esters is 1. The second-order valence-electron chi connectivity index (χ2n) is 17.3. The number of hydrogen-bond donors (Lipinski definition) is 6. The van der Waals surface area contributed by atoms with Crippen LogP contribution in [0.15, 0.2) is 54.6 Å². The van der Waals surface area contributed by atoms with Crippen LogP contribution in [0.3, 0.4) is 0 Å². The van der Waals surface area contributed by atoms with Crippen molar-refractivity contribution < 1.29 is 57.2 Å². The zero-order valence-corrected chi connectivity index (χ0v) is 38.6. The number of aryl methyl sites for hydroxylation is 1. The van der Waals surface area contributed by atoms with E-state index in [0.29, 0.717) is 16.7 Å². The summed E-state index contributed by atoms with van der Waals surface area (Å²) >= 11 is 0. The van der Waals surface area contributed by atoms with Gasteiger partial charge in [-0.2, -0.15) is 0 Å². The molecule has 352 valence electrons. The number of anilines is 1. The molecule has 3 aromatic carbocycles. The Morgan fingerprint density at radius 1 is 0.769 bits per heavy atom. The van der Waals surface area contributed by atoms with E-state index < -0.39 is 77.7 Å².